The molecule has 1 atom stereocenters. The highest BCUT2D eigenvalue weighted by molar-refractivity contribution is 5.83. The van der Waals surface area contributed by atoms with Crippen molar-refractivity contribution in [1.82, 2.24) is 14.4 Å². The maximum atomic E-state index is 13.4. The van der Waals surface area contributed by atoms with Crippen molar-refractivity contribution in [2.24, 2.45) is 0 Å². The van der Waals surface area contributed by atoms with Gasteiger partial charge in [0.2, 0.25) is 5.91 Å². The molecule has 0 radical (unpaired) electrons. The van der Waals surface area contributed by atoms with Crippen LogP contribution in [0.25, 0.3) is 0 Å². The van der Waals surface area contributed by atoms with Crippen LogP contribution in [0.2, 0.25) is 0 Å². The van der Waals surface area contributed by atoms with E-state index in [1.165, 1.54) is 12.1 Å². The zero-order valence-corrected chi connectivity index (χ0v) is 16.9. The molecule has 1 unspecified atom stereocenters. The summed E-state index contributed by atoms with van der Waals surface area (Å²) in [7, 11) is 0. The zero-order valence-electron chi connectivity index (χ0n) is 16.9. The molecule has 0 N–H and O–H groups in total. The van der Waals surface area contributed by atoms with Gasteiger partial charge in [0.1, 0.15) is 24.2 Å². The van der Waals surface area contributed by atoms with Gasteiger partial charge in [-0.1, -0.05) is 30.3 Å². The van der Waals surface area contributed by atoms with E-state index in [4.69, 9.17) is 4.74 Å². The summed E-state index contributed by atoms with van der Waals surface area (Å²) in [5, 5.41) is 0. The number of carbonyl (C=O) groups excluding carboxylic acids is 1. The molecule has 0 saturated carbocycles. The molecule has 156 valence electrons. The Morgan fingerprint density at radius 3 is 2.23 bits per heavy atom. The van der Waals surface area contributed by atoms with Crippen LogP contribution in [-0.2, 0) is 4.79 Å². The van der Waals surface area contributed by atoms with Crippen LogP contribution in [0.3, 0.4) is 0 Å². The largest absolute Gasteiger partial charge is 0.492 e. The Bertz CT molecular complexity index is 921. The molecule has 1 aromatic heterocycles. The van der Waals surface area contributed by atoms with Crippen molar-refractivity contribution in [1.29, 1.82) is 0 Å². The van der Waals surface area contributed by atoms with Gasteiger partial charge in [-0.25, -0.2) is 4.39 Å². The molecule has 1 aliphatic heterocycles. The third kappa shape index (κ3) is 4.89. The van der Waals surface area contributed by atoms with Gasteiger partial charge in [0.25, 0.3) is 0 Å². The first-order chi connectivity index (χ1) is 14.7. The van der Waals surface area contributed by atoms with E-state index in [1.807, 2.05) is 64.3 Å². The lowest BCUT2D eigenvalue weighted by Crippen LogP contribution is -2.51. The molecule has 1 aliphatic rings. The summed E-state index contributed by atoms with van der Waals surface area (Å²) >= 11 is 0. The smallest absolute Gasteiger partial charge is 0.250 e. The van der Waals surface area contributed by atoms with Crippen molar-refractivity contribution in [2.75, 3.05) is 39.3 Å². The number of rotatable bonds is 7. The molecule has 1 fully saturated rings. The van der Waals surface area contributed by atoms with E-state index in [0.29, 0.717) is 25.4 Å². The third-order valence-electron chi connectivity index (χ3n) is 5.45. The molecule has 5 nitrogen and oxygen atoms in total. The topological polar surface area (TPSA) is 37.7 Å². The average Bonchev–Trinajstić information content (AvgIpc) is 3.31. The molecule has 3 aromatic rings. The summed E-state index contributed by atoms with van der Waals surface area (Å²) in [6.45, 7) is 4.33. The van der Waals surface area contributed by atoms with E-state index < -0.39 is 0 Å². The Kier molecular flexibility index (Phi) is 6.44. The Balaban J connectivity index is 1.31. The first-order valence-electron chi connectivity index (χ1n) is 10.3. The first kappa shape index (κ1) is 20.2. The SMILES string of the molecule is O=C(C(c1ccccc1)n1cccc1)N1CCN(CCOc2ccc(F)cc2)CC1. The highest BCUT2D eigenvalue weighted by Gasteiger charge is 2.29. The van der Waals surface area contributed by atoms with Crippen LogP contribution in [0.15, 0.2) is 79.1 Å². The fraction of sp³-hybridized carbons (Fsp3) is 0.292. The minimum Gasteiger partial charge on any atom is -0.492 e. The first-order valence-corrected chi connectivity index (χ1v) is 10.3. The van der Waals surface area contributed by atoms with Crippen molar-refractivity contribution in [2.45, 2.75) is 6.04 Å². The lowest BCUT2D eigenvalue weighted by atomic mass is 10.0. The Morgan fingerprint density at radius 2 is 1.57 bits per heavy atom. The Labute approximate surface area is 176 Å². The van der Waals surface area contributed by atoms with Crippen molar-refractivity contribution >= 4 is 5.91 Å². The summed E-state index contributed by atoms with van der Waals surface area (Å²) < 4.78 is 20.6. The fourth-order valence-electron chi connectivity index (χ4n) is 3.79. The number of halogens is 1. The maximum absolute atomic E-state index is 13.4. The quantitative estimate of drug-likeness (QED) is 0.602. The lowest BCUT2D eigenvalue weighted by molar-refractivity contribution is -0.135. The normalized spacial score (nSPS) is 15.7. The van der Waals surface area contributed by atoms with Gasteiger partial charge in [0.05, 0.1) is 0 Å². The molecule has 1 saturated heterocycles. The van der Waals surface area contributed by atoms with Crippen molar-refractivity contribution < 1.29 is 13.9 Å². The van der Waals surface area contributed by atoms with Crippen LogP contribution in [-0.4, -0.2) is 59.6 Å². The average molecular weight is 407 g/mol. The van der Waals surface area contributed by atoms with Gasteiger partial charge in [0.15, 0.2) is 0 Å². The van der Waals surface area contributed by atoms with Crippen molar-refractivity contribution in [3.05, 3.63) is 90.5 Å². The monoisotopic (exact) mass is 407 g/mol. The molecule has 6 heteroatoms. The number of carbonyl (C=O) groups is 1. The zero-order chi connectivity index (χ0) is 20.8. The number of hydrogen-bond donors (Lipinski definition) is 0. The second-order valence-electron chi connectivity index (χ2n) is 7.41. The number of benzene rings is 2. The van der Waals surface area contributed by atoms with E-state index in [2.05, 4.69) is 4.90 Å². The lowest BCUT2D eigenvalue weighted by Gasteiger charge is -2.36. The van der Waals surface area contributed by atoms with Crippen LogP contribution in [0.1, 0.15) is 11.6 Å². The highest BCUT2D eigenvalue weighted by Crippen LogP contribution is 2.22. The van der Waals surface area contributed by atoms with E-state index >= 15 is 0 Å². The molecule has 30 heavy (non-hydrogen) atoms. The van der Waals surface area contributed by atoms with Gasteiger partial charge >= 0.3 is 0 Å². The minimum absolute atomic E-state index is 0.125. The number of ether oxygens (including phenoxy) is 1. The molecular weight excluding hydrogens is 381 g/mol. The van der Waals surface area contributed by atoms with Crippen LogP contribution < -0.4 is 4.74 Å². The molecule has 0 aliphatic carbocycles. The number of piperazine rings is 1. The summed E-state index contributed by atoms with van der Waals surface area (Å²) in [6.07, 6.45) is 3.89. The number of aromatic nitrogens is 1. The van der Waals surface area contributed by atoms with E-state index in [1.54, 1.807) is 12.1 Å². The second kappa shape index (κ2) is 9.59. The molecule has 2 heterocycles. The second-order valence-corrected chi connectivity index (χ2v) is 7.41. The van der Waals surface area contributed by atoms with Crippen LogP contribution >= 0.6 is 0 Å². The molecular formula is C24H26FN3O2. The molecule has 0 bridgehead atoms. The molecule has 4 rings (SSSR count). The number of hydrogen-bond acceptors (Lipinski definition) is 3. The van der Waals surface area contributed by atoms with E-state index in [-0.39, 0.29) is 17.8 Å². The molecule has 1 amide bonds. The summed E-state index contributed by atoms with van der Waals surface area (Å²) in [6, 6.07) is 19.5. The van der Waals surface area contributed by atoms with E-state index in [9.17, 15) is 9.18 Å². The molecule has 0 spiro atoms. The number of nitrogens with zero attached hydrogens (tertiary/aromatic N) is 3. The Hall–Kier alpha value is -3.12. The molecule has 2 aromatic carbocycles. The predicted molar refractivity (Wildman–Crippen MR) is 114 cm³/mol. The highest BCUT2D eigenvalue weighted by atomic mass is 19.1. The van der Waals surface area contributed by atoms with E-state index in [0.717, 1.165) is 25.2 Å². The predicted octanol–water partition coefficient (Wildman–Crippen LogP) is 3.44. The van der Waals surface area contributed by atoms with Crippen LogP contribution in [0.5, 0.6) is 5.75 Å². The summed E-state index contributed by atoms with van der Waals surface area (Å²) in [5.74, 6) is 0.527. The van der Waals surface area contributed by atoms with Gasteiger partial charge < -0.3 is 14.2 Å². The van der Waals surface area contributed by atoms with Gasteiger partial charge in [-0.2, -0.15) is 0 Å². The number of amides is 1. The standard InChI is InChI=1S/C24H26FN3O2/c25-21-8-10-22(11-9-21)30-19-18-26-14-16-28(17-15-26)24(29)23(27-12-4-5-13-27)20-6-2-1-3-7-20/h1-13,23H,14-19H2. The fourth-order valence-corrected chi connectivity index (χ4v) is 3.79. The Morgan fingerprint density at radius 1 is 0.900 bits per heavy atom. The summed E-state index contributed by atoms with van der Waals surface area (Å²) in [4.78, 5) is 17.6. The van der Waals surface area contributed by atoms with Gasteiger partial charge in [-0.05, 0) is 42.0 Å². The van der Waals surface area contributed by atoms with Gasteiger partial charge in [-0.3, -0.25) is 9.69 Å². The maximum Gasteiger partial charge on any atom is 0.250 e. The third-order valence-corrected chi connectivity index (χ3v) is 5.45. The van der Waals surface area contributed by atoms with Gasteiger partial charge in [0, 0.05) is 45.1 Å². The van der Waals surface area contributed by atoms with Crippen molar-refractivity contribution in [3.8, 4) is 5.75 Å². The minimum atomic E-state index is -0.338. The summed E-state index contributed by atoms with van der Waals surface area (Å²) in [5.41, 5.74) is 0.994. The van der Waals surface area contributed by atoms with Gasteiger partial charge in [-0.15, -0.1) is 0 Å². The van der Waals surface area contributed by atoms with Crippen molar-refractivity contribution in [3.63, 3.8) is 0 Å². The van der Waals surface area contributed by atoms with Crippen LogP contribution in [0.4, 0.5) is 4.39 Å². The van der Waals surface area contributed by atoms with Crippen LogP contribution in [0, 0.1) is 5.82 Å².